The van der Waals surface area contributed by atoms with Gasteiger partial charge in [0, 0.05) is 22.8 Å². The van der Waals surface area contributed by atoms with Gasteiger partial charge in [-0.05, 0) is 48.0 Å². The molecule has 0 bridgehead atoms. The van der Waals surface area contributed by atoms with Gasteiger partial charge in [0.15, 0.2) is 4.80 Å². The van der Waals surface area contributed by atoms with Crippen LogP contribution >= 0.6 is 34.5 Å². The highest BCUT2D eigenvalue weighted by Gasteiger charge is 2.37. The zero-order valence-electron chi connectivity index (χ0n) is 25.2. The Bertz CT molecular complexity index is 2390. The lowest BCUT2D eigenvalue weighted by atomic mass is 9.89. The fraction of sp³-hybridized carbons (Fsp3) is 0.108. The summed E-state index contributed by atoms with van der Waals surface area (Å²) in [7, 11) is 1.57. The van der Waals surface area contributed by atoms with Crippen molar-refractivity contribution in [1.29, 1.82) is 0 Å². The molecule has 7 rings (SSSR count). The summed E-state index contributed by atoms with van der Waals surface area (Å²) >= 11 is 13.9. The molecule has 0 aliphatic carbocycles. The third-order valence-electron chi connectivity index (χ3n) is 7.91. The summed E-state index contributed by atoms with van der Waals surface area (Å²) in [5.41, 5.74) is 2.32. The molecule has 2 aromatic heterocycles. The van der Waals surface area contributed by atoms with E-state index in [1.54, 1.807) is 48.9 Å². The van der Waals surface area contributed by atoms with Crippen LogP contribution in [0.15, 0.2) is 117 Å². The normalized spacial score (nSPS) is 14.6. The summed E-state index contributed by atoms with van der Waals surface area (Å²) < 4.78 is 19.6. The molecule has 3 heterocycles. The number of ether oxygens (including phenoxy) is 2. The second-order valence-electron chi connectivity index (χ2n) is 10.6. The number of aromatic nitrogens is 1. The lowest BCUT2D eigenvalue weighted by Gasteiger charge is -2.28. The third-order valence-corrected chi connectivity index (χ3v) is 9.72. The van der Waals surface area contributed by atoms with Gasteiger partial charge in [0.25, 0.3) is 5.56 Å². The standard InChI is InChI=1S/C37H26Cl2N2O5S/c1-3-45-36(43)31-33(22-11-5-4-6-12-22)40-37-41(34(31)30-24-13-8-7-10-21(24)16-18-28(30)44-2)35(42)29(47-37)20-23-17-19-27(46-23)25-14-9-15-26(38)32(25)39/h4-20,34H,3H2,1-2H3/b29-20-/t34-/m0/s1. The predicted octanol–water partition coefficient (Wildman–Crippen LogP) is 7.66. The number of esters is 1. The number of fused-ring (bicyclic) bond motifs is 2. The molecule has 10 heteroatoms. The Morgan fingerprint density at radius 2 is 1.77 bits per heavy atom. The number of benzene rings is 4. The molecule has 1 aliphatic rings. The molecule has 0 saturated heterocycles. The molecule has 1 aliphatic heterocycles. The van der Waals surface area contributed by atoms with Crippen LogP contribution < -0.4 is 19.6 Å². The molecule has 6 aromatic rings. The van der Waals surface area contributed by atoms with Crippen LogP contribution in [0.25, 0.3) is 33.9 Å². The van der Waals surface area contributed by atoms with Gasteiger partial charge in [-0.2, -0.15) is 0 Å². The largest absolute Gasteiger partial charge is 0.496 e. The van der Waals surface area contributed by atoms with Crippen LogP contribution in [0.2, 0.25) is 10.0 Å². The Hall–Kier alpha value is -4.89. The molecule has 0 amide bonds. The first-order valence-corrected chi connectivity index (χ1v) is 16.3. The van der Waals surface area contributed by atoms with Gasteiger partial charge < -0.3 is 13.9 Å². The van der Waals surface area contributed by atoms with Gasteiger partial charge in [-0.25, -0.2) is 9.79 Å². The molecule has 0 N–H and O–H groups in total. The smallest absolute Gasteiger partial charge is 0.338 e. The van der Waals surface area contributed by atoms with E-state index in [1.165, 1.54) is 11.3 Å². The quantitative estimate of drug-likeness (QED) is 0.162. The number of methoxy groups -OCH3 is 1. The van der Waals surface area contributed by atoms with Gasteiger partial charge in [-0.3, -0.25) is 9.36 Å². The maximum atomic E-state index is 14.5. The average Bonchev–Trinajstić information content (AvgIpc) is 3.68. The van der Waals surface area contributed by atoms with Crippen molar-refractivity contribution in [3.63, 3.8) is 0 Å². The Kier molecular flexibility index (Phi) is 8.32. The van der Waals surface area contributed by atoms with Gasteiger partial charge >= 0.3 is 5.97 Å². The monoisotopic (exact) mass is 680 g/mol. The van der Waals surface area contributed by atoms with E-state index >= 15 is 0 Å². The first kappa shape index (κ1) is 30.7. The van der Waals surface area contributed by atoms with Crippen LogP contribution in [-0.4, -0.2) is 24.3 Å². The molecule has 0 saturated carbocycles. The molecule has 0 spiro atoms. The number of thiazole rings is 1. The number of hydrogen-bond acceptors (Lipinski definition) is 7. The van der Waals surface area contributed by atoms with Crippen LogP contribution in [0.5, 0.6) is 5.75 Å². The Labute approximate surface area is 283 Å². The molecule has 47 heavy (non-hydrogen) atoms. The number of rotatable bonds is 7. The summed E-state index contributed by atoms with van der Waals surface area (Å²) in [5, 5.41) is 2.54. The van der Waals surface area contributed by atoms with Gasteiger partial charge in [-0.15, -0.1) is 0 Å². The van der Waals surface area contributed by atoms with Crippen molar-refractivity contribution in [2.75, 3.05) is 13.7 Å². The van der Waals surface area contributed by atoms with Crippen LogP contribution in [0, 0.1) is 0 Å². The molecule has 4 aromatic carbocycles. The minimum atomic E-state index is -0.916. The second kappa shape index (κ2) is 12.7. The molecule has 234 valence electrons. The zero-order chi connectivity index (χ0) is 32.7. The minimum absolute atomic E-state index is 0.145. The summed E-state index contributed by atoms with van der Waals surface area (Å²) in [6.45, 7) is 1.89. The number of nitrogens with zero attached hydrogens (tertiary/aromatic N) is 2. The first-order chi connectivity index (χ1) is 22.9. The first-order valence-electron chi connectivity index (χ1n) is 14.8. The SMILES string of the molecule is CCOC(=O)C1=C(c2ccccc2)N=c2s/c(=C\c3ccc(-c4cccc(Cl)c4Cl)o3)c(=O)n2[C@H]1c1c(OC)ccc2ccccc12. The zero-order valence-corrected chi connectivity index (χ0v) is 27.5. The van der Waals surface area contributed by atoms with Crippen molar-refractivity contribution in [2.24, 2.45) is 4.99 Å². The highest BCUT2D eigenvalue weighted by Crippen LogP contribution is 2.42. The van der Waals surface area contributed by atoms with E-state index in [0.29, 0.717) is 59.0 Å². The Morgan fingerprint density at radius 1 is 0.979 bits per heavy atom. The van der Waals surface area contributed by atoms with Crippen molar-refractivity contribution in [1.82, 2.24) is 4.57 Å². The Balaban J connectivity index is 1.51. The second-order valence-corrected chi connectivity index (χ2v) is 12.4. The van der Waals surface area contributed by atoms with E-state index in [2.05, 4.69) is 0 Å². The summed E-state index contributed by atoms with van der Waals surface area (Å²) in [4.78, 5) is 33.8. The maximum absolute atomic E-state index is 14.5. The number of furan rings is 1. The average molecular weight is 682 g/mol. The van der Waals surface area contributed by atoms with E-state index in [0.717, 1.165) is 10.8 Å². The lowest BCUT2D eigenvalue weighted by Crippen LogP contribution is -2.40. The summed E-state index contributed by atoms with van der Waals surface area (Å²) in [6.07, 6.45) is 1.67. The predicted molar refractivity (Wildman–Crippen MR) is 186 cm³/mol. The van der Waals surface area contributed by atoms with Gasteiger partial charge in [-0.1, -0.05) is 101 Å². The fourth-order valence-electron chi connectivity index (χ4n) is 5.85. The van der Waals surface area contributed by atoms with Gasteiger partial charge in [0.1, 0.15) is 23.3 Å². The molecule has 7 nitrogen and oxygen atoms in total. The maximum Gasteiger partial charge on any atom is 0.338 e. The van der Waals surface area contributed by atoms with Gasteiger partial charge in [0.05, 0.1) is 39.6 Å². The highest BCUT2D eigenvalue weighted by molar-refractivity contribution is 7.07. The van der Waals surface area contributed by atoms with E-state index < -0.39 is 12.0 Å². The number of hydrogen-bond donors (Lipinski definition) is 0. The van der Waals surface area contributed by atoms with Crippen molar-refractivity contribution < 1.29 is 18.7 Å². The topological polar surface area (TPSA) is 83.0 Å². The molecule has 0 fully saturated rings. The van der Waals surface area contributed by atoms with Crippen molar-refractivity contribution >= 4 is 63.1 Å². The van der Waals surface area contributed by atoms with Crippen LogP contribution in [0.4, 0.5) is 0 Å². The molecule has 1 atom stereocenters. The number of carbonyl (C=O) groups excluding carboxylic acids is 1. The minimum Gasteiger partial charge on any atom is -0.496 e. The highest BCUT2D eigenvalue weighted by atomic mass is 35.5. The van der Waals surface area contributed by atoms with Crippen molar-refractivity contribution in [2.45, 2.75) is 13.0 Å². The summed E-state index contributed by atoms with van der Waals surface area (Å²) in [6, 6.07) is 28.9. The molecule has 0 radical (unpaired) electrons. The van der Waals surface area contributed by atoms with Gasteiger partial charge in [0.2, 0.25) is 0 Å². The summed E-state index contributed by atoms with van der Waals surface area (Å²) in [5.74, 6) is 0.895. The van der Waals surface area contributed by atoms with E-state index in [-0.39, 0.29) is 17.7 Å². The van der Waals surface area contributed by atoms with E-state index in [4.69, 9.17) is 42.1 Å². The molecular formula is C37H26Cl2N2O5S. The lowest BCUT2D eigenvalue weighted by molar-refractivity contribution is -0.138. The number of carbonyl (C=O) groups is 1. The van der Waals surface area contributed by atoms with E-state index in [1.807, 2.05) is 72.8 Å². The third kappa shape index (κ3) is 5.48. The fourth-order valence-corrected chi connectivity index (χ4v) is 7.22. The van der Waals surface area contributed by atoms with Crippen LogP contribution in [-0.2, 0) is 9.53 Å². The molecule has 0 unspecified atom stereocenters. The number of halogens is 2. The van der Waals surface area contributed by atoms with Crippen LogP contribution in [0.3, 0.4) is 0 Å². The van der Waals surface area contributed by atoms with Crippen LogP contribution in [0.1, 0.15) is 29.9 Å². The Morgan fingerprint density at radius 3 is 2.55 bits per heavy atom. The van der Waals surface area contributed by atoms with Crippen molar-refractivity contribution in [3.05, 3.63) is 149 Å². The van der Waals surface area contributed by atoms with Crippen molar-refractivity contribution in [3.8, 4) is 17.1 Å². The van der Waals surface area contributed by atoms with E-state index in [9.17, 15) is 9.59 Å². The molecular weight excluding hydrogens is 655 g/mol.